The van der Waals surface area contributed by atoms with Gasteiger partial charge in [0, 0.05) is 27.9 Å². The summed E-state index contributed by atoms with van der Waals surface area (Å²) in [5.41, 5.74) is 0.827. The van der Waals surface area contributed by atoms with Crippen molar-refractivity contribution in [2.75, 3.05) is 13.7 Å². The molecule has 142 valence electrons. The predicted molar refractivity (Wildman–Crippen MR) is 86.3 cm³/mol. The van der Waals surface area contributed by atoms with Crippen LogP contribution in [0.25, 0.3) is 0 Å². The standard InChI is InChI=1S/C17H26O8/c1-9(2)7-13-15(23-11(4)19)16(24-12(5)20)14(8-22-10(3)18)25-17(13)21-6/h13-17H,1,7-8H2,2-6H3/t13-,14+,15+,16+,17-/m0/s1. The Hall–Kier alpha value is -1.93. The first-order chi connectivity index (χ1) is 11.6. The number of hydrogen-bond donors (Lipinski definition) is 0. The molecule has 0 N–H and O–H groups in total. The average molecular weight is 358 g/mol. The second-order valence-electron chi connectivity index (χ2n) is 6.05. The number of ether oxygens (including phenoxy) is 5. The van der Waals surface area contributed by atoms with E-state index in [0.717, 1.165) is 5.57 Å². The summed E-state index contributed by atoms with van der Waals surface area (Å²) in [6.07, 6.45) is -2.89. The maximum absolute atomic E-state index is 11.6. The van der Waals surface area contributed by atoms with Gasteiger partial charge in [-0.1, -0.05) is 5.57 Å². The first-order valence-corrected chi connectivity index (χ1v) is 7.96. The lowest BCUT2D eigenvalue weighted by molar-refractivity contribution is -0.285. The molecule has 0 aromatic heterocycles. The first kappa shape index (κ1) is 21.1. The Labute approximate surface area is 147 Å². The highest BCUT2D eigenvalue weighted by Crippen LogP contribution is 2.35. The molecule has 1 fully saturated rings. The van der Waals surface area contributed by atoms with Crippen LogP contribution in [0.5, 0.6) is 0 Å². The molecule has 8 heteroatoms. The van der Waals surface area contributed by atoms with E-state index >= 15 is 0 Å². The molecular weight excluding hydrogens is 332 g/mol. The van der Waals surface area contributed by atoms with Crippen LogP contribution in [-0.2, 0) is 38.1 Å². The van der Waals surface area contributed by atoms with Gasteiger partial charge in [0.2, 0.25) is 0 Å². The van der Waals surface area contributed by atoms with E-state index in [0.29, 0.717) is 6.42 Å². The lowest BCUT2D eigenvalue weighted by Gasteiger charge is -2.44. The van der Waals surface area contributed by atoms with E-state index in [1.165, 1.54) is 27.9 Å². The summed E-state index contributed by atoms with van der Waals surface area (Å²) < 4.78 is 26.9. The van der Waals surface area contributed by atoms with E-state index in [2.05, 4.69) is 6.58 Å². The van der Waals surface area contributed by atoms with Gasteiger partial charge in [0.25, 0.3) is 0 Å². The summed E-state index contributed by atoms with van der Waals surface area (Å²) in [7, 11) is 1.45. The van der Waals surface area contributed by atoms with Gasteiger partial charge in [-0.05, 0) is 13.3 Å². The number of rotatable bonds is 7. The zero-order chi connectivity index (χ0) is 19.1. The Bertz CT molecular complexity index is 515. The van der Waals surface area contributed by atoms with Crippen LogP contribution >= 0.6 is 0 Å². The molecule has 0 amide bonds. The fraction of sp³-hybridized carbons (Fsp3) is 0.706. The van der Waals surface area contributed by atoms with E-state index in [1.807, 2.05) is 6.92 Å². The third kappa shape index (κ3) is 6.47. The van der Waals surface area contributed by atoms with Gasteiger partial charge < -0.3 is 23.7 Å². The number of hydrogen-bond acceptors (Lipinski definition) is 8. The molecule has 5 atom stereocenters. The number of esters is 3. The molecule has 0 aromatic carbocycles. The summed E-state index contributed by atoms with van der Waals surface area (Å²) >= 11 is 0. The van der Waals surface area contributed by atoms with Crippen LogP contribution in [0.3, 0.4) is 0 Å². The molecule has 0 aromatic rings. The Morgan fingerprint density at radius 2 is 1.52 bits per heavy atom. The first-order valence-electron chi connectivity index (χ1n) is 7.96. The lowest BCUT2D eigenvalue weighted by Crippen LogP contribution is -2.59. The van der Waals surface area contributed by atoms with Crippen LogP contribution in [0, 0.1) is 5.92 Å². The van der Waals surface area contributed by atoms with E-state index in [1.54, 1.807) is 0 Å². The van der Waals surface area contributed by atoms with Gasteiger partial charge in [0.15, 0.2) is 12.4 Å². The van der Waals surface area contributed by atoms with Gasteiger partial charge in [-0.3, -0.25) is 14.4 Å². The summed E-state index contributed by atoms with van der Waals surface area (Å²) in [4.78, 5) is 34.2. The highest BCUT2D eigenvalue weighted by atomic mass is 16.7. The van der Waals surface area contributed by atoms with Gasteiger partial charge >= 0.3 is 17.9 Å². The minimum absolute atomic E-state index is 0.162. The van der Waals surface area contributed by atoms with Crippen molar-refractivity contribution >= 4 is 17.9 Å². The molecule has 0 spiro atoms. The molecule has 0 radical (unpaired) electrons. The molecule has 1 aliphatic heterocycles. The molecule has 1 saturated heterocycles. The Balaban J connectivity index is 3.18. The smallest absolute Gasteiger partial charge is 0.303 e. The molecule has 1 rings (SSSR count). The maximum Gasteiger partial charge on any atom is 0.303 e. The Kier molecular flexibility index (Phi) is 8.05. The minimum atomic E-state index is -0.934. The van der Waals surface area contributed by atoms with Gasteiger partial charge in [0.05, 0.1) is 5.92 Å². The number of allylic oxidation sites excluding steroid dienone is 1. The van der Waals surface area contributed by atoms with Crippen molar-refractivity contribution in [3.8, 4) is 0 Å². The van der Waals surface area contributed by atoms with Crippen LogP contribution in [0.2, 0.25) is 0 Å². The second kappa shape index (κ2) is 9.53. The highest BCUT2D eigenvalue weighted by Gasteiger charge is 2.50. The van der Waals surface area contributed by atoms with Crippen LogP contribution in [0.1, 0.15) is 34.1 Å². The predicted octanol–water partition coefficient (Wildman–Crippen LogP) is 1.37. The van der Waals surface area contributed by atoms with Crippen molar-refractivity contribution in [1.82, 2.24) is 0 Å². The molecule has 0 bridgehead atoms. The van der Waals surface area contributed by atoms with Crippen LogP contribution in [0.4, 0.5) is 0 Å². The zero-order valence-electron chi connectivity index (χ0n) is 15.3. The molecule has 1 heterocycles. The van der Waals surface area contributed by atoms with E-state index < -0.39 is 48.4 Å². The summed E-state index contributed by atoms with van der Waals surface area (Å²) in [6.45, 7) is 9.29. The topological polar surface area (TPSA) is 97.4 Å². The molecule has 25 heavy (non-hydrogen) atoms. The average Bonchev–Trinajstić information content (AvgIpc) is 2.48. The molecule has 8 nitrogen and oxygen atoms in total. The highest BCUT2D eigenvalue weighted by molar-refractivity contribution is 5.67. The van der Waals surface area contributed by atoms with Crippen molar-refractivity contribution < 1.29 is 38.1 Å². The Morgan fingerprint density at radius 3 is 1.96 bits per heavy atom. The Morgan fingerprint density at radius 1 is 0.960 bits per heavy atom. The molecule has 0 aliphatic carbocycles. The fourth-order valence-electron chi connectivity index (χ4n) is 2.82. The second-order valence-corrected chi connectivity index (χ2v) is 6.05. The molecule has 0 unspecified atom stereocenters. The van der Waals surface area contributed by atoms with Crippen molar-refractivity contribution in [3.63, 3.8) is 0 Å². The lowest BCUT2D eigenvalue weighted by atomic mass is 9.86. The van der Waals surface area contributed by atoms with Crippen molar-refractivity contribution in [2.24, 2.45) is 5.92 Å². The van der Waals surface area contributed by atoms with Gasteiger partial charge in [0.1, 0.15) is 18.8 Å². The van der Waals surface area contributed by atoms with Gasteiger partial charge in [-0.2, -0.15) is 0 Å². The largest absolute Gasteiger partial charge is 0.463 e. The third-order valence-electron chi connectivity index (χ3n) is 3.64. The van der Waals surface area contributed by atoms with Crippen molar-refractivity contribution in [2.45, 2.75) is 58.7 Å². The number of carbonyl (C=O) groups is 3. The number of methoxy groups -OCH3 is 1. The van der Waals surface area contributed by atoms with E-state index in [-0.39, 0.29) is 6.61 Å². The van der Waals surface area contributed by atoms with Gasteiger partial charge in [-0.15, -0.1) is 6.58 Å². The summed E-state index contributed by atoms with van der Waals surface area (Å²) in [5.74, 6) is -2.03. The fourth-order valence-corrected chi connectivity index (χ4v) is 2.82. The summed E-state index contributed by atoms with van der Waals surface area (Å²) in [6, 6.07) is 0. The quantitative estimate of drug-likeness (QED) is 0.382. The molecule has 0 saturated carbocycles. The van der Waals surface area contributed by atoms with Crippen LogP contribution < -0.4 is 0 Å². The van der Waals surface area contributed by atoms with Crippen molar-refractivity contribution in [1.29, 1.82) is 0 Å². The van der Waals surface area contributed by atoms with Crippen LogP contribution in [-0.4, -0.2) is 56.2 Å². The van der Waals surface area contributed by atoms with E-state index in [9.17, 15) is 14.4 Å². The summed E-state index contributed by atoms with van der Waals surface area (Å²) in [5, 5.41) is 0. The number of carbonyl (C=O) groups excluding carboxylic acids is 3. The molecular formula is C17H26O8. The monoisotopic (exact) mass is 358 g/mol. The zero-order valence-corrected chi connectivity index (χ0v) is 15.3. The normalized spacial score (nSPS) is 28.8. The van der Waals surface area contributed by atoms with Gasteiger partial charge in [-0.25, -0.2) is 0 Å². The maximum atomic E-state index is 11.6. The van der Waals surface area contributed by atoms with E-state index in [4.69, 9.17) is 23.7 Å². The van der Waals surface area contributed by atoms with Crippen LogP contribution in [0.15, 0.2) is 12.2 Å². The minimum Gasteiger partial charge on any atom is -0.463 e. The molecule has 1 aliphatic rings. The van der Waals surface area contributed by atoms with Crippen molar-refractivity contribution in [3.05, 3.63) is 12.2 Å². The SMILES string of the molecule is C=C(C)C[C@@H]1[C@@H](OC)O[C@H](COC(C)=O)[C@@H](OC(C)=O)[C@@H]1OC(C)=O. The third-order valence-corrected chi connectivity index (χ3v) is 3.64.